The standard InChI is InChI=1S/C25H28O5/c1-3-29-22(27)24-14-17-9-5-8-12-20(13-17)25(21(24)26,23(28)30-4-2)16-19-11-7-6-10-18(19)15-24/h5-12,18-19H,3-4,13-16H2,1-2H3/t18?,19?,24-,25-/m1/s1. The van der Waals surface area contributed by atoms with Crippen molar-refractivity contribution >= 4 is 17.7 Å². The summed E-state index contributed by atoms with van der Waals surface area (Å²) in [6, 6.07) is 0. The molecule has 0 aromatic rings. The zero-order valence-electron chi connectivity index (χ0n) is 17.6. The van der Waals surface area contributed by atoms with Crippen LogP contribution in [-0.4, -0.2) is 30.9 Å². The fraction of sp³-hybridized carbons (Fsp3) is 0.480. The summed E-state index contributed by atoms with van der Waals surface area (Å²) in [5, 5.41) is 0. The molecule has 0 saturated heterocycles. The van der Waals surface area contributed by atoms with E-state index >= 15 is 0 Å². The number of hydrogen-bond donors (Lipinski definition) is 0. The second-order valence-electron chi connectivity index (χ2n) is 8.52. The van der Waals surface area contributed by atoms with Crippen molar-refractivity contribution in [2.24, 2.45) is 22.7 Å². The van der Waals surface area contributed by atoms with E-state index in [2.05, 4.69) is 12.2 Å². The lowest BCUT2D eigenvalue weighted by atomic mass is 9.65. The van der Waals surface area contributed by atoms with Crippen molar-refractivity contribution in [2.75, 3.05) is 13.2 Å². The lowest BCUT2D eigenvalue weighted by Gasteiger charge is -2.36. The fourth-order valence-electron chi connectivity index (χ4n) is 5.52. The van der Waals surface area contributed by atoms with Crippen molar-refractivity contribution in [1.29, 1.82) is 0 Å². The Kier molecular flexibility index (Phi) is 5.39. The summed E-state index contributed by atoms with van der Waals surface area (Å²) in [6.07, 6.45) is 17.0. The van der Waals surface area contributed by atoms with E-state index < -0.39 is 22.8 Å². The average molecular weight is 408 g/mol. The van der Waals surface area contributed by atoms with E-state index in [-0.39, 0.29) is 37.3 Å². The molecule has 5 heteroatoms. The van der Waals surface area contributed by atoms with Crippen LogP contribution in [0.4, 0.5) is 0 Å². The first-order chi connectivity index (χ1) is 14.5. The molecule has 2 unspecified atom stereocenters. The van der Waals surface area contributed by atoms with Crippen molar-refractivity contribution in [3.63, 3.8) is 0 Å². The summed E-state index contributed by atoms with van der Waals surface area (Å²) in [5.41, 5.74) is -1.19. The predicted octanol–water partition coefficient (Wildman–Crippen LogP) is 4.02. The molecule has 4 aliphatic rings. The molecule has 30 heavy (non-hydrogen) atoms. The number of esters is 2. The number of ketones is 1. The van der Waals surface area contributed by atoms with Gasteiger partial charge in [-0.05, 0) is 56.9 Å². The van der Waals surface area contributed by atoms with E-state index in [0.29, 0.717) is 19.3 Å². The Bertz CT molecular complexity index is 918. The minimum Gasteiger partial charge on any atom is -0.465 e. The van der Waals surface area contributed by atoms with Gasteiger partial charge in [-0.2, -0.15) is 0 Å². The highest BCUT2D eigenvalue weighted by Crippen LogP contribution is 2.58. The van der Waals surface area contributed by atoms with E-state index in [1.807, 2.05) is 36.5 Å². The van der Waals surface area contributed by atoms with E-state index in [1.54, 1.807) is 13.8 Å². The summed E-state index contributed by atoms with van der Waals surface area (Å²) >= 11 is 0. The van der Waals surface area contributed by atoms with Crippen LogP contribution < -0.4 is 0 Å². The molecule has 0 radical (unpaired) electrons. The second-order valence-corrected chi connectivity index (χ2v) is 8.52. The lowest BCUT2D eigenvalue weighted by Crippen LogP contribution is -2.52. The molecule has 158 valence electrons. The maximum Gasteiger partial charge on any atom is 0.323 e. The number of fused-ring (bicyclic) bond motifs is 6. The topological polar surface area (TPSA) is 69.7 Å². The highest BCUT2D eigenvalue weighted by Gasteiger charge is 2.65. The third kappa shape index (κ3) is 3.03. The van der Waals surface area contributed by atoms with Crippen LogP contribution in [0.2, 0.25) is 0 Å². The number of carbonyl (C=O) groups excluding carboxylic acids is 3. The molecule has 0 aromatic heterocycles. The number of allylic oxidation sites excluding steroid dienone is 9. The zero-order valence-corrected chi connectivity index (χ0v) is 17.6. The Hall–Kier alpha value is -2.69. The maximum atomic E-state index is 14.4. The molecule has 4 aliphatic carbocycles. The van der Waals surface area contributed by atoms with Crippen molar-refractivity contribution in [2.45, 2.75) is 39.5 Å². The molecule has 0 spiro atoms. The zero-order chi connectivity index (χ0) is 21.4. The second kappa shape index (κ2) is 7.86. The quantitative estimate of drug-likeness (QED) is 0.519. The molecule has 2 fully saturated rings. The Labute approximate surface area is 177 Å². The number of Topliss-reactive ketones (excluding diaryl/α,β-unsaturated/α-hetero) is 1. The average Bonchev–Trinajstić information content (AvgIpc) is 3.06. The lowest BCUT2D eigenvalue weighted by molar-refractivity contribution is -0.168. The van der Waals surface area contributed by atoms with Gasteiger partial charge < -0.3 is 9.47 Å². The van der Waals surface area contributed by atoms with E-state index in [1.165, 1.54) is 0 Å². The minimum absolute atomic E-state index is 0.0195. The number of carbonyl (C=O) groups is 3. The molecule has 0 aromatic carbocycles. The smallest absolute Gasteiger partial charge is 0.323 e. The van der Waals surface area contributed by atoms with Crippen molar-refractivity contribution < 1.29 is 23.9 Å². The van der Waals surface area contributed by atoms with Crippen LogP contribution in [-0.2, 0) is 23.9 Å². The molecule has 0 amide bonds. The van der Waals surface area contributed by atoms with E-state index in [4.69, 9.17) is 9.47 Å². The first-order valence-corrected chi connectivity index (χ1v) is 10.8. The van der Waals surface area contributed by atoms with Crippen LogP contribution in [0.1, 0.15) is 39.5 Å². The van der Waals surface area contributed by atoms with Gasteiger partial charge in [0.05, 0.1) is 13.2 Å². The van der Waals surface area contributed by atoms with Crippen LogP contribution in [0.25, 0.3) is 0 Å². The first kappa shape index (κ1) is 20.6. The SMILES string of the molecule is CCOC(=O)[C@]12CC3=CC=CC=C(C3)[C@](C(=O)OCC)(CC3C=CC=CC3C1)C2=O. The van der Waals surface area contributed by atoms with Crippen molar-refractivity contribution in [3.8, 4) is 0 Å². The summed E-state index contributed by atoms with van der Waals surface area (Å²) < 4.78 is 11.0. The third-order valence-electron chi connectivity index (χ3n) is 6.85. The molecule has 5 nitrogen and oxygen atoms in total. The monoisotopic (exact) mass is 408 g/mol. The van der Waals surface area contributed by atoms with Gasteiger partial charge in [0, 0.05) is 0 Å². The molecule has 0 N–H and O–H groups in total. The van der Waals surface area contributed by atoms with E-state index in [0.717, 1.165) is 11.1 Å². The highest BCUT2D eigenvalue weighted by molar-refractivity contribution is 6.17. The van der Waals surface area contributed by atoms with E-state index in [9.17, 15) is 14.4 Å². The van der Waals surface area contributed by atoms with Gasteiger partial charge >= 0.3 is 11.9 Å². The fourth-order valence-corrected chi connectivity index (χ4v) is 5.52. The van der Waals surface area contributed by atoms with Gasteiger partial charge in [-0.15, -0.1) is 0 Å². The van der Waals surface area contributed by atoms with Gasteiger partial charge in [0.25, 0.3) is 0 Å². The van der Waals surface area contributed by atoms with Gasteiger partial charge in [-0.25, -0.2) is 0 Å². The summed E-state index contributed by atoms with van der Waals surface area (Å²) in [7, 11) is 0. The number of rotatable bonds is 4. The summed E-state index contributed by atoms with van der Waals surface area (Å²) in [4.78, 5) is 41.3. The van der Waals surface area contributed by atoms with Gasteiger partial charge in [-0.1, -0.05) is 54.2 Å². The van der Waals surface area contributed by atoms with Crippen molar-refractivity contribution in [1.82, 2.24) is 0 Å². The van der Waals surface area contributed by atoms with Crippen LogP contribution in [0.5, 0.6) is 0 Å². The Balaban J connectivity index is 2.00. The predicted molar refractivity (Wildman–Crippen MR) is 112 cm³/mol. The first-order valence-electron chi connectivity index (χ1n) is 10.8. The van der Waals surface area contributed by atoms with Gasteiger partial charge in [-0.3, -0.25) is 14.4 Å². The Morgan fingerprint density at radius 1 is 0.933 bits per heavy atom. The largest absolute Gasteiger partial charge is 0.465 e. The molecule has 2 saturated carbocycles. The van der Waals surface area contributed by atoms with Crippen LogP contribution in [0.3, 0.4) is 0 Å². The molecular weight excluding hydrogens is 380 g/mol. The summed E-state index contributed by atoms with van der Waals surface area (Å²) in [6.45, 7) is 3.84. The Morgan fingerprint density at radius 3 is 2.27 bits per heavy atom. The number of hydrogen-bond acceptors (Lipinski definition) is 5. The van der Waals surface area contributed by atoms with Crippen LogP contribution in [0, 0.1) is 22.7 Å². The molecule has 0 heterocycles. The van der Waals surface area contributed by atoms with Gasteiger partial charge in [0.1, 0.15) is 10.8 Å². The minimum atomic E-state index is -1.48. The van der Waals surface area contributed by atoms with Gasteiger partial charge in [0.15, 0.2) is 5.78 Å². The molecule has 0 aliphatic heterocycles. The number of ether oxygens (including phenoxy) is 2. The van der Waals surface area contributed by atoms with Crippen molar-refractivity contribution in [3.05, 3.63) is 59.8 Å². The molecule has 4 bridgehead atoms. The Morgan fingerprint density at radius 2 is 1.57 bits per heavy atom. The molecule has 4 atom stereocenters. The highest BCUT2D eigenvalue weighted by atomic mass is 16.5. The summed E-state index contributed by atoms with van der Waals surface area (Å²) in [5.74, 6) is -1.47. The van der Waals surface area contributed by atoms with Crippen LogP contribution in [0.15, 0.2) is 59.8 Å². The maximum absolute atomic E-state index is 14.4. The normalized spacial score (nSPS) is 34.0. The van der Waals surface area contributed by atoms with Gasteiger partial charge in [0.2, 0.25) is 0 Å². The van der Waals surface area contributed by atoms with Crippen LogP contribution >= 0.6 is 0 Å². The molecular formula is C25H28O5. The third-order valence-corrected chi connectivity index (χ3v) is 6.85. The molecule has 4 rings (SSSR count).